The third kappa shape index (κ3) is 2.42. The number of rotatable bonds is 2. The molecule has 2 saturated carbocycles. The van der Waals surface area contributed by atoms with E-state index in [2.05, 4.69) is 6.58 Å². The fraction of sp³-hybridized carbons (Fsp3) is 0.769. The van der Waals surface area contributed by atoms with Crippen LogP contribution in [-0.2, 0) is 9.53 Å². The Hall–Kier alpha value is -0.790. The standard InChI is InChI=1S/C13H20O2/c1-2-12(14)15-13-10-6-4-3-5-7-11(13)9-8-10/h2,10-11,13H,1,3-9H2. The summed E-state index contributed by atoms with van der Waals surface area (Å²) in [6, 6.07) is 0. The number of ether oxygens (including phenoxy) is 1. The minimum absolute atomic E-state index is 0.191. The Balaban J connectivity index is 2.01. The van der Waals surface area contributed by atoms with Crippen LogP contribution in [-0.4, -0.2) is 12.1 Å². The Labute approximate surface area is 91.7 Å². The van der Waals surface area contributed by atoms with Crippen molar-refractivity contribution in [1.29, 1.82) is 0 Å². The Morgan fingerprint density at radius 3 is 2.20 bits per heavy atom. The smallest absolute Gasteiger partial charge is 0.330 e. The molecule has 2 heteroatoms. The molecule has 0 amide bonds. The molecule has 0 radical (unpaired) electrons. The molecule has 0 aromatic heterocycles. The highest BCUT2D eigenvalue weighted by molar-refractivity contribution is 5.81. The van der Waals surface area contributed by atoms with Gasteiger partial charge in [0.1, 0.15) is 6.10 Å². The molecule has 2 unspecified atom stereocenters. The van der Waals surface area contributed by atoms with Gasteiger partial charge in [-0.15, -0.1) is 0 Å². The van der Waals surface area contributed by atoms with Crippen LogP contribution in [0.3, 0.4) is 0 Å². The molecule has 2 nitrogen and oxygen atoms in total. The highest BCUT2D eigenvalue weighted by atomic mass is 16.5. The Morgan fingerprint density at radius 1 is 1.07 bits per heavy atom. The molecule has 0 spiro atoms. The van der Waals surface area contributed by atoms with Crippen LogP contribution < -0.4 is 0 Å². The monoisotopic (exact) mass is 208 g/mol. The van der Waals surface area contributed by atoms with E-state index in [4.69, 9.17) is 4.74 Å². The van der Waals surface area contributed by atoms with E-state index in [0.717, 1.165) is 0 Å². The van der Waals surface area contributed by atoms with Gasteiger partial charge in [-0.05, 0) is 37.5 Å². The maximum absolute atomic E-state index is 11.3. The van der Waals surface area contributed by atoms with Crippen LogP contribution in [0.4, 0.5) is 0 Å². The normalized spacial score (nSPS) is 35.3. The zero-order valence-corrected chi connectivity index (χ0v) is 9.28. The van der Waals surface area contributed by atoms with Crippen molar-refractivity contribution in [2.24, 2.45) is 11.8 Å². The Morgan fingerprint density at radius 2 is 1.67 bits per heavy atom. The minimum atomic E-state index is -0.238. The van der Waals surface area contributed by atoms with Crippen LogP contribution in [0.5, 0.6) is 0 Å². The lowest BCUT2D eigenvalue weighted by Gasteiger charge is -2.26. The second kappa shape index (κ2) is 4.82. The first-order chi connectivity index (χ1) is 7.31. The Kier molecular flexibility index (Phi) is 3.45. The first-order valence-corrected chi connectivity index (χ1v) is 6.14. The van der Waals surface area contributed by atoms with E-state index >= 15 is 0 Å². The second-order valence-corrected chi connectivity index (χ2v) is 4.84. The quantitative estimate of drug-likeness (QED) is 0.515. The third-order valence-electron chi connectivity index (χ3n) is 3.91. The lowest BCUT2D eigenvalue weighted by Crippen LogP contribution is -2.28. The van der Waals surface area contributed by atoms with Crippen LogP contribution >= 0.6 is 0 Å². The molecular formula is C13H20O2. The summed E-state index contributed by atoms with van der Waals surface area (Å²) in [5.74, 6) is 1.01. The molecule has 84 valence electrons. The highest BCUT2D eigenvalue weighted by Gasteiger charge is 2.38. The maximum Gasteiger partial charge on any atom is 0.330 e. The predicted molar refractivity (Wildman–Crippen MR) is 59.4 cm³/mol. The predicted octanol–water partition coefficient (Wildman–Crippen LogP) is 3.07. The van der Waals surface area contributed by atoms with Gasteiger partial charge in [-0.1, -0.05) is 25.8 Å². The van der Waals surface area contributed by atoms with Crippen LogP contribution in [0.1, 0.15) is 44.9 Å². The summed E-state index contributed by atoms with van der Waals surface area (Å²) in [6.07, 6.45) is 10.4. The summed E-state index contributed by atoms with van der Waals surface area (Å²) in [6.45, 7) is 3.46. The van der Waals surface area contributed by atoms with Gasteiger partial charge in [-0.25, -0.2) is 4.79 Å². The molecule has 2 rings (SSSR count). The average molecular weight is 208 g/mol. The van der Waals surface area contributed by atoms with Gasteiger partial charge in [0.15, 0.2) is 0 Å². The number of carbonyl (C=O) groups excluding carboxylic acids is 1. The number of esters is 1. The van der Waals surface area contributed by atoms with Gasteiger partial charge < -0.3 is 4.74 Å². The van der Waals surface area contributed by atoms with Crippen molar-refractivity contribution in [1.82, 2.24) is 0 Å². The van der Waals surface area contributed by atoms with Gasteiger partial charge in [0.2, 0.25) is 0 Å². The van der Waals surface area contributed by atoms with Crippen molar-refractivity contribution in [2.45, 2.75) is 51.0 Å². The summed E-state index contributed by atoms with van der Waals surface area (Å²) in [4.78, 5) is 11.3. The molecule has 2 aliphatic carbocycles. The van der Waals surface area contributed by atoms with Crippen molar-refractivity contribution < 1.29 is 9.53 Å². The maximum atomic E-state index is 11.3. The summed E-state index contributed by atoms with van der Waals surface area (Å²) in [5, 5.41) is 0. The van der Waals surface area contributed by atoms with Gasteiger partial charge >= 0.3 is 5.97 Å². The van der Waals surface area contributed by atoms with Gasteiger partial charge in [0, 0.05) is 6.08 Å². The van der Waals surface area contributed by atoms with Crippen molar-refractivity contribution in [2.75, 3.05) is 0 Å². The zero-order chi connectivity index (χ0) is 10.7. The summed E-state index contributed by atoms with van der Waals surface area (Å²) < 4.78 is 5.51. The zero-order valence-electron chi connectivity index (χ0n) is 9.28. The largest absolute Gasteiger partial charge is 0.459 e. The van der Waals surface area contributed by atoms with E-state index in [1.54, 1.807) is 0 Å². The molecule has 2 aliphatic rings. The second-order valence-electron chi connectivity index (χ2n) is 4.84. The number of hydrogen-bond donors (Lipinski definition) is 0. The minimum Gasteiger partial charge on any atom is -0.459 e. The molecule has 15 heavy (non-hydrogen) atoms. The molecular weight excluding hydrogens is 188 g/mol. The van der Waals surface area contributed by atoms with Crippen molar-refractivity contribution in [3.05, 3.63) is 12.7 Å². The lowest BCUT2D eigenvalue weighted by molar-refractivity contribution is -0.147. The van der Waals surface area contributed by atoms with Crippen LogP contribution in [0.2, 0.25) is 0 Å². The molecule has 0 N–H and O–H groups in total. The van der Waals surface area contributed by atoms with Gasteiger partial charge in [-0.2, -0.15) is 0 Å². The molecule has 2 fully saturated rings. The fourth-order valence-electron chi connectivity index (χ4n) is 3.12. The van der Waals surface area contributed by atoms with Crippen molar-refractivity contribution in [3.8, 4) is 0 Å². The SMILES string of the molecule is C=CC(=O)OC1C2CCCCCC1CC2. The number of fused-ring (bicyclic) bond motifs is 2. The molecule has 0 heterocycles. The Bertz CT molecular complexity index is 233. The van der Waals surface area contributed by atoms with Gasteiger partial charge in [0.05, 0.1) is 0 Å². The van der Waals surface area contributed by atoms with Crippen molar-refractivity contribution >= 4 is 5.97 Å². The molecule has 0 saturated heterocycles. The van der Waals surface area contributed by atoms with E-state index in [9.17, 15) is 4.79 Å². The molecule has 0 aromatic rings. The van der Waals surface area contributed by atoms with Gasteiger partial charge in [-0.3, -0.25) is 0 Å². The van der Waals surface area contributed by atoms with E-state index in [0.29, 0.717) is 11.8 Å². The average Bonchev–Trinajstić information content (AvgIpc) is 2.64. The number of carbonyl (C=O) groups is 1. The topological polar surface area (TPSA) is 26.3 Å². The van der Waals surface area contributed by atoms with Gasteiger partial charge in [0.25, 0.3) is 0 Å². The first kappa shape index (κ1) is 10.7. The first-order valence-electron chi connectivity index (χ1n) is 6.14. The van der Waals surface area contributed by atoms with Crippen LogP contribution in [0.25, 0.3) is 0 Å². The van der Waals surface area contributed by atoms with Crippen LogP contribution in [0.15, 0.2) is 12.7 Å². The summed E-state index contributed by atoms with van der Waals surface area (Å²) in [7, 11) is 0. The third-order valence-corrected chi connectivity index (χ3v) is 3.91. The van der Waals surface area contributed by atoms with Crippen molar-refractivity contribution in [3.63, 3.8) is 0 Å². The van der Waals surface area contributed by atoms with E-state index < -0.39 is 0 Å². The molecule has 2 atom stereocenters. The highest BCUT2D eigenvalue weighted by Crippen LogP contribution is 2.41. The van der Waals surface area contributed by atoms with Crippen LogP contribution in [0, 0.1) is 11.8 Å². The summed E-state index contributed by atoms with van der Waals surface area (Å²) in [5.41, 5.74) is 0. The van der Waals surface area contributed by atoms with E-state index in [1.807, 2.05) is 0 Å². The lowest BCUT2D eigenvalue weighted by atomic mass is 9.89. The van der Waals surface area contributed by atoms with E-state index in [-0.39, 0.29) is 12.1 Å². The van der Waals surface area contributed by atoms with E-state index in [1.165, 1.54) is 51.0 Å². The number of hydrogen-bond acceptors (Lipinski definition) is 2. The molecule has 2 bridgehead atoms. The molecule has 0 aromatic carbocycles. The molecule has 0 aliphatic heterocycles. The summed E-state index contributed by atoms with van der Waals surface area (Å²) >= 11 is 0. The fourth-order valence-corrected chi connectivity index (χ4v) is 3.12.